The lowest BCUT2D eigenvalue weighted by Gasteiger charge is -2.24. The van der Waals surface area contributed by atoms with Crippen LogP contribution in [0.1, 0.15) is 19.8 Å². The largest absolute Gasteiger partial charge is 0.444 e. The Bertz CT molecular complexity index is 1300. The number of Topliss-reactive ketones (excluding diaryl/α,β-unsaturated/α-hetero) is 1. The van der Waals surface area contributed by atoms with E-state index in [1.807, 2.05) is 33.8 Å². The first-order valence-corrected chi connectivity index (χ1v) is 11.1. The van der Waals surface area contributed by atoms with Gasteiger partial charge in [-0.1, -0.05) is 12.1 Å². The molecule has 1 aromatic heterocycles. The molecule has 1 saturated heterocycles. The molecule has 0 unspecified atom stereocenters. The summed E-state index contributed by atoms with van der Waals surface area (Å²) in [6.45, 7) is 3.84. The quantitative estimate of drug-likeness (QED) is 0.595. The number of cyclic esters (lactones) is 1. The molecule has 0 saturated carbocycles. The number of hydrogen-bond donors (Lipinski definition) is 0. The minimum Gasteiger partial charge on any atom is -0.444 e. The number of ether oxygens (including phenoxy) is 1. The number of amides is 1. The smallest absolute Gasteiger partial charge is 0.414 e. The lowest BCUT2D eigenvalue weighted by atomic mass is 10.1. The van der Waals surface area contributed by atoms with E-state index in [9.17, 15) is 14.4 Å². The summed E-state index contributed by atoms with van der Waals surface area (Å²) < 4.78 is 24.2. The third-order valence-electron chi connectivity index (χ3n) is 6.38. The van der Waals surface area contributed by atoms with Crippen LogP contribution in [0.15, 0.2) is 47.3 Å². The van der Waals surface area contributed by atoms with Gasteiger partial charge in [-0.3, -0.25) is 14.4 Å². The number of fused-ring (bicyclic) bond motifs is 3. The van der Waals surface area contributed by atoms with Crippen molar-refractivity contribution in [3.8, 4) is 0 Å². The number of hydrogen-bond acceptors (Lipinski definition) is 5. The van der Waals surface area contributed by atoms with E-state index in [1.54, 1.807) is 16.8 Å². The number of halogens is 1. The molecule has 2 aromatic carbocycles. The Hall–Kier alpha value is -3.62. The van der Waals surface area contributed by atoms with Gasteiger partial charge in [0.25, 0.3) is 5.56 Å². The molecule has 0 spiro atoms. The van der Waals surface area contributed by atoms with Crippen LogP contribution in [0.25, 0.3) is 10.9 Å². The summed E-state index contributed by atoms with van der Waals surface area (Å²) in [5.74, 6) is -0.393. The highest BCUT2D eigenvalue weighted by Gasteiger charge is 2.33. The average molecular weight is 452 g/mol. The predicted molar refractivity (Wildman–Crippen MR) is 122 cm³/mol. The van der Waals surface area contributed by atoms with Gasteiger partial charge in [0.1, 0.15) is 17.7 Å². The van der Waals surface area contributed by atoms with Crippen LogP contribution >= 0.6 is 0 Å². The van der Waals surface area contributed by atoms with E-state index >= 15 is 4.39 Å². The molecule has 0 bridgehead atoms. The zero-order chi connectivity index (χ0) is 23.1. The zero-order valence-electron chi connectivity index (χ0n) is 18.4. The Kier molecular flexibility index (Phi) is 5.39. The Morgan fingerprint density at radius 3 is 2.58 bits per heavy atom. The first-order valence-electron chi connectivity index (χ1n) is 11.1. The molecule has 9 heteroatoms. The molecule has 3 heterocycles. The zero-order valence-corrected chi connectivity index (χ0v) is 18.4. The standard InChI is InChI=1S/C24H25FN4O4/c1-16(30)6-8-18-15-27(24(32)33-18)17-7-9-22(20(25)14-17)26-10-12-28-21-5-3-2-4-19(21)23(31)29(28)13-11-26/h2-5,7,9,14,18H,6,8,10-13,15H2,1H3/t18-/m0/s1. The van der Waals surface area contributed by atoms with Crippen LogP contribution in [0.2, 0.25) is 0 Å². The number of para-hydroxylation sites is 1. The second-order valence-electron chi connectivity index (χ2n) is 8.55. The average Bonchev–Trinajstić information content (AvgIpc) is 3.20. The van der Waals surface area contributed by atoms with Crippen molar-refractivity contribution in [3.05, 3.63) is 58.6 Å². The van der Waals surface area contributed by atoms with Crippen molar-refractivity contribution in [2.45, 2.75) is 39.0 Å². The number of ketones is 1. The van der Waals surface area contributed by atoms with Crippen LogP contribution in [0, 0.1) is 5.82 Å². The molecular weight excluding hydrogens is 427 g/mol. The minimum atomic E-state index is -0.531. The van der Waals surface area contributed by atoms with Crippen LogP contribution in [-0.2, 0) is 22.6 Å². The van der Waals surface area contributed by atoms with Gasteiger partial charge in [-0.2, -0.15) is 0 Å². The fraction of sp³-hybridized carbons (Fsp3) is 0.375. The summed E-state index contributed by atoms with van der Waals surface area (Å²) in [6.07, 6.45) is -0.107. The molecule has 8 nitrogen and oxygen atoms in total. The van der Waals surface area contributed by atoms with Gasteiger partial charge in [0.05, 0.1) is 41.9 Å². The maximum atomic E-state index is 15.1. The van der Waals surface area contributed by atoms with Crippen molar-refractivity contribution in [2.24, 2.45) is 0 Å². The number of anilines is 2. The van der Waals surface area contributed by atoms with Gasteiger partial charge in [-0.05, 0) is 43.7 Å². The molecule has 1 amide bonds. The summed E-state index contributed by atoms with van der Waals surface area (Å²) in [6, 6.07) is 12.2. The van der Waals surface area contributed by atoms with Crippen molar-refractivity contribution in [2.75, 3.05) is 29.4 Å². The van der Waals surface area contributed by atoms with Gasteiger partial charge >= 0.3 is 6.09 Å². The highest BCUT2D eigenvalue weighted by atomic mass is 19.1. The van der Waals surface area contributed by atoms with Gasteiger partial charge in [0.2, 0.25) is 0 Å². The molecule has 2 aliphatic heterocycles. The normalized spacial score (nSPS) is 18.4. The number of nitrogens with zero attached hydrogens (tertiary/aromatic N) is 4. The minimum absolute atomic E-state index is 0.0323. The van der Waals surface area contributed by atoms with Crippen LogP contribution in [0.5, 0.6) is 0 Å². The molecule has 3 aromatic rings. The van der Waals surface area contributed by atoms with Gasteiger partial charge < -0.3 is 14.4 Å². The summed E-state index contributed by atoms with van der Waals surface area (Å²) in [5, 5.41) is 0.695. The summed E-state index contributed by atoms with van der Waals surface area (Å²) >= 11 is 0. The molecular formula is C24H25FN4O4. The Morgan fingerprint density at radius 2 is 1.82 bits per heavy atom. The summed E-state index contributed by atoms with van der Waals surface area (Å²) in [5.41, 5.74) is 1.71. The summed E-state index contributed by atoms with van der Waals surface area (Å²) in [7, 11) is 0. The molecule has 2 aliphatic rings. The van der Waals surface area contributed by atoms with Gasteiger partial charge in [0.15, 0.2) is 0 Å². The first kappa shape index (κ1) is 21.2. The third kappa shape index (κ3) is 3.88. The lowest BCUT2D eigenvalue weighted by molar-refractivity contribution is -0.117. The fourth-order valence-electron chi connectivity index (χ4n) is 4.67. The SMILES string of the molecule is CC(=O)CC[C@H]1CN(c2ccc(N3CCn4c(=O)c5ccccc5n4CC3)c(F)c2)C(=O)O1. The highest BCUT2D eigenvalue weighted by molar-refractivity contribution is 5.90. The highest BCUT2D eigenvalue weighted by Crippen LogP contribution is 2.29. The number of carbonyl (C=O) groups excluding carboxylic acids is 2. The maximum absolute atomic E-state index is 15.1. The van der Waals surface area contributed by atoms with E-state index in [4.69, 9.17) is 4.74 Å². The Balaban J connectivity index is 1.33. The predicted octanol–water partition coefficient (Wildman–Crippen LogP) is 3.16. The van der Waals surface area contributed by atoms with Gasteiger partial charge in [-0.25, -0.2) is 13.9 Å². The van der Waals surface area contributed by atoms with E-state index < -0.39 is 11.9 Å². The van der Waals surface area contributed by atoms with E-state index in [0.717, 1.165) is 5.52 Å². The molecule has 0 aliphatic carbocycles. The second-order valence-corrected chi connectivity index (χ2v) is 8.55. The molecule has 5 rings (SSSR count). The monoisotopic (exact) mass is 452 g/mol. The van der Waals surface area contributed by atoms with Crippen molar-refractivity contribution in [1.29, 1.82) is 0 Å². The second kappa shape index (κ2) is 8.38. The van der Waals surface area contributed by atoms with E-state index in [1.165, 1.54) is 17.9 Å². The van der Waals surface area contributed by atoms with Crippen LogP contribution in [0.4, 0.5) is 20.6 Å². The molecule has 172 valence electrons. The molecule has 1 atom stereocenters. The van der Waals surface area contributed by atoms with Gasteiger partial charge in [-0.15, -0.1) is 0 Å². The van der Waals surface area contributed by atoms with E-state index in [-0.39, 0.29) is 17.4 Å². The van der Waals surface area contributed by atoms with Crippen molar-refractivity contribution in [1.82, 2.24) is 9.36 Å². The van der Waals surface area contributed by atoms with Crippen LogP contribution in [-0.4, -0.2) is 47.0 Å². The van der Waals surface area contributed by atoms with E-state index in [2.05, 4.69) is 0 Å². The fourth-order valence-corrected chi connectivity index (χ4v) is 4.67. The maximum Gasteiger partial charge on any atom is 0.414 e. The topological polar surface area (TPSA) is 76.8 Å². The third-order valence-corrected chi connectivity index (χ3v) is 6.38. The molecule has 0 N–H and O–H groups in total. The lowest BCUT2D eigenvalue weighted by Crippen LogP contribution is -2.29. The number of rotatable bonds is 5. The molecule has 33 heavy (non-hydrogen) atoms. The Morgan fingerprint density at radius 1 is 1.06 bits per heavy atom. The number of benzene rings is 2. The van der Waals surface area contributed by atoms with Crippen LogP contribution < -0.4 is 15.4 Å². The first-order chi connectivity index (χ1) is 15.9. The summed E-state index contributed by atoms with van der Waals surface area (Å²) in [4.78, 5) is 39.5. The number of carbonyl (C=O) groups is 2. The van der Waals surface area contributed by atoms with Crippen molar-refractivity contribution < 1.29 is 18.7 Å². The molecule has 0 radical (unpaired) electrons. The number of aromatic nitrogens is 2. The van der Waals surface area contributed by atoms with E-state index in [0.29, 0.717) is 62.3 Å². The van der Waals surface area contributed by atoms with Crippen molar-refractivity contribution in [3.63, 3.8) is 0 Å². The van der Waals surface area contributed by atoms with Crippen molar-refractivity contribution >= 4 is 34.2 Å². The van der Waals surface area contributed by atoms with Gasteiger partial charge in [0, 0.05) is 19.5 Å². The van der Waals surface area contributed by atoms with Crippen LogP contribution in [0.3, 0.4) is 0 Å². The Labute approximate surface area is 189 Å². The molecule has 1 fully saturated rings.